The number of amides is 1. The molecule has 2 aliphatic heterocycles. The Morgan fingerprint density at radius 2 is 1.91 bits per heavy atom. The number of hydrogen-bond donors (Lipinski definition) is 0. The summed E-state index contributed by atoms with van der Waals surface area (Å²) in [6, 6.07) is 10.0. The van der Waals surface area contributed by atoms with Gasteiger partial charge in [-0.05, 0) is 23.4 Å². The monoisotopic (exact) mass is 380 g/mol. The average molecular weight is 381 g/mol. The fourth-order valence-corrected chi connectivity index (χ4v) is 3.03. The van der Waals surface area contributed by atoms with Gasteiger partial charge in [0, 0.05) is 13.1 Å². The standard InChI is InChI=1S/C16H16N2O2S.BrH/c19-15-14(8-4-7-13-5-2-1-3-6-13)21-16(17-15)18-9-11-20-12-10-18;/h1-8H,9-12H2;1H. The zero-order valence-corrected chi connectivity index (χ0v) is 14.5. The number of thioether (sulfide) groups is 1. The molecule has 0 radical (unpaired) electrons. The molecule has 0 N–H and O–H groups in total. The van der Waals surface area contributed by atoms with Crippen LogP contribution in [0.3, 0.4) is 0 Å². The number of rotatable bonds is 2. The van der Waals surface area contributed by atoms with E-state index in [0.717, 1.165) is 23.8 Å². The zero-order valence-electron chi connectivity index (χ0n) is 12.0. The number of amidine groups is 1. The van der Waals surface area contributed by atoms with Gasteiger partial charge in [0.25, 0.3) is 5.91 Å². The van der Waals surface area contributed by atoms with Crippen LogP contribution < -0.4 is 0 Å². The summed E-state index contributed by atoms with van der Waals surface area (Å²) in [4.78, 5) is 18.8. The quantitative estimate of drug-likeness (QED) is 0.739. The van der Waals surface area contributed by atoms with Crippen LogP contribution in [-0.4, -0.2) is 42.3 Å². The number of morpholine rings is 1. The first kappa shape index (κ1) is 17.0. The number of carbonyl (C=O) groups excluding carboxylic acids is 1. The third kappa shape index (κ3) is 4.32. The first-order valence-electron chi connectivity index (χ1n) is 6.90. The lowest BCUT2D eigenvalue weighted by Gasteiger charge is -2.27. The van der Waals surface area contributed by atoms with Crippen molar-refractivity contribution in [2.45, 2.75) is 0 Å². The Bertz CT molecular complexity index is 608. The molecule has 1 amide bonds. The maximum absolute atomic E-state index is 11.9. The summed E-state index contributed by atoms with van der Waals surface area (Å²) in [6.07, 6.45) is 5.71. The molecule has 22 heavy (non-hydrogen) atoms. The number of nitrogens with zero attached hydrogens (tertiary/aromatic N) is 2. The van der Waals surface area contributed by atoms with E-state index >= 15 is 0 Å². The summed E-state index contributed by atoms with van der Waals surface area (Å²) in [5.41, 5.74) is 1.11. The molecule has 1 aromatic rings. The van der Waals surface area contributed by atoms with E-state index in [4.69, 9.17) is 4.74 Å². The molecule has 1 saturated heterocycles. The smallest absolute Gasteiger partial charge is 0.286 e. The summed E-state index contributed by atoms with van der Waals surface area (Å²) >= 11 is 1.44. The maximum Gasteiger partial charge on any atom is 0.286 e. The molecule has 1 fully saturated rings. The molecule has 4 nitrogen and oxygen atoms in total. The Balaban J connectivity index is 0.00000176. The molecule has 6 heteroatoms. The van der Waals surface area contributed by atoms with Gasteiger partial charge in [0.05, 0.1) is 18.1 Å². The average Bonchev–Trinajstić information content (AvgIpc) is 2.91. The van der Waals surface area contributed by atoms with Crippen molar-refractivity contribution in [1.29, 1.82) is 0 Å². The van der Waals surface area contributed by atoms with Gasteiger partial charge in [0.15, 0.2) is 5.17 Å². The van der Waals surface area contributed by atoms with Crippen LogP contribution in [0.2, 0.25) is 0 Å². The topological polar surface area (TPSA) is 41.9 Å². The van der Waals surface area contributed by atoms with Crippen molar-refractivity contribution in [2.24, 2.45) is 4.99 Å². The SMILES string of the molecule is Br.O=C1N=C(N2CCOCC2)SC1=CC=Cc1ccccc1. The van der Waals surface area contributed by atoms with Crippen LogP contribution >= 0.6 is 28.7 Å². The second kappa shape index (κ2) is 8.31. The minimum Gasteiger partial charge on any atom is -0.378 e. The van der Waals surface area contributed by atoms with Crippen LogP contribution in [-0.2, 0) is 9.53 Å². The van der Waals surface area contributed by atoms with Crippen molar-refractivity contribution in [1.82, 2.24) is 4.90 Å². The summed E-state index contributed by atoms with van der Waals surface area (Å²) in [5, 5.41) is 0.794. The van der Waals surface area contributed by atoms with E-state index in [0.29, 0.717) is 18.1 Å². The van der Waals surface area contributed by atoms with Crippen molar-refractivity contribution in [3.8, 4) is 0 Å². The molecule has 116 valence electrons. The fourth-order valence-electron chi connectivity index (χ4n) is 2.11. The number of benzene rings is 1. The molecule has 2 aliphatic rings. The molecular formula is C16H17BrN2O2S. The van der Waals surface area contributed by atoms with Gasteiger partial charge in [-0.25, -0.2) is 0 Å². The largest absolute Gasteiger partial charge is 0.378 e. The molecule has 0 aliphatic carbocycles. The second-order valence-electron chi connectivity index (χ2n) is 4.70. The molecule has 0 spiro atoms. The van der Waals surface area contributed by atoms with Gasteiger partial charge in [0.1, 0.15) is 0 Å². The molecule has 0 aromatic heterocycles. The number of allylic oxidation sites excluding steroid dienone is 2. The molecule has 3 rings (SSSR count). The third-order valence-electron chi connectivity index (χ3n) is 3.23. The van der Waals surface area contributed by atoms with Crippen LogP contribution in [0.5, 0.6) is 0 Å². The van der Waals surface area contributed by atoms with E-state index in [9.17, 15) is 4.79 Å². The van der Waals surface area contributed by atoms with E-state index in [-0.39, 0.29) is 22.9 Å². The van der Waals surface area contributed by atoms with Crippen LogP contribution in [0.4, 0.5) is 0 Å². The summed E-state index contributed by atoms with van der Waals surface area (Å²) in [7, 11) is 0. The summed E-state index contributed by atoms with van der Waals surface area (Å²) in [5.74, 6) is -0.154. The Labute approximate surface area is 144 Å². The predicted molar refractivity (Wildman–Crippen MR) is 96.3 cm³/mol. The lowest BCUT2D eigenvalue weighted by atomic mass is 10.2. The van der Waals surface area contributed by atoms with Gasteiger partial charge < -0.3 is 9.64 Å². The summed E-state index contributed by atoms with van der Waals surface area (Å²) in [6.45, 7) is 2.99. The predicted octanol–water partition coefficient (Wildman–Crippen LogP) is 3.12. The molecule has 0 unspecified atom stereocenters. The van der Waals surface area contributed by atoms with Gasteiger partial charge >= 0.3 is 0 Å². The van der Waals surface area contributed by atoms with Gasteiger partial charge in [-0.2, -0.15) is 4.99 Å². The molecule has 1 aromatic carbocycles. The van der Waals surface area contributed by atoms with Crippen LogP contribution in [0, 0.1) is 0 Å². The molecule has 0 saturated carbocycles. The second-order valence-corrected chi connectivity index (χ2v) is 5.71. The van der Waals surface area contributed by atoms with Gasteiger partial charge in [-0.3, -0.25) is 4.79 Å². The van der Waals surface area contributed by atoms with E-state index in [2.05, 4.69) is 9.89 Å². The van der Waals surface area contributed by atoms with Crippen LogP contribution in [0.1, 0.15) is 5.56 Å². The number of halogens is 1. The fraction of sp³-hybridized carbons (Fsp3) is 0.250. The van der Waals surface area contributed by atoms with Gasteiger partial charge in [-0.15, -0.1) is 17.0 Å². The number of aliphatic imine (C=N–C) groups is 1. The normalized spacial score (nSPS) is 20.4. The van der Waals surface area contributed by atoms with E-state index in [1.165, 1.54) is 11.8 Å². The van der Waals surface area contributed by atoms with E-state index in [1.807, 2.05) is 48.6 Å². The molecular weight excluding hydrogens is 364 g/mol. The highest BCUT2D eigenvalue weighted by Crippen LogP contribution is 2.28. The zero-order chi connectivity index (χ0) is 14.5. The first-order valence-corrected chi connectivity index (χ1v) is 7.71. The Morgan fingerprint density at radius 3 is 2.64 bits per heavy atom. The molecule has 2 heterocycles. The molecule has 0 atom stereocenters. The van der Waals surface area contributed by atoms with E-state index in [1.54, 1.807) is 0 Å². The van der Waals surface area contributed by atoms with Crippen molar-refractivity contribution < 1.29 is 9.53 Å². The van der Waals surface area contributed by atoms with Crippen molar-refractivity contribution in [3.05, 3.63) is 53.0 Å². The highest BCUT2D eigenvalue weighted by atomic mass is 79.9. The lowest BCUT2D eigenvalue weighted by molar-refractivity contribution is -0.113. The first-order chi connectivity index (χ1) is 10.3. The molecule has 0 bridgehead atoms. The van der Waals surface area contributed by atoms with Crippen molar-refractivity contribution >= 4 is 45.9 Å². The van der Waals surface area contributed by atoms with Gasteiger partial charge in [0.2, 0.25) is 0 Å². The third-order valence-corrected chi connectivity index (χ3v) is 4.29. The Hall–Kier alpha value is -1.37. The maximum atomic E-state index is 11.9. The van der Waals surface area contributed by atoms with Crippen LogP contribution in [0.15, 0.2) is 52.4 Å². The van der Waals surface area contributed by atoms with Gasteiger partial charge in [-0.1, -0.05) is 42.5 Å². The van der Waals surface area contributed by atoms with Crippen LogP contribution in [0.25, 0.3) is 6.08 Å². The highest BCUT2D eigenvalue weighted by Gasteiger charge is 2.26. The minimum atomic E-state index is -0.154. The Morgan fingerprint density at radius 1 is 1.18 bits per heavy atom. The van der Waals surface area contributed by atoms with Crippen molar-refractivity contribution in [3.63, 3.8) is 0 Å². The Kier molecular flexibility index (Phi) is 6.42. The van der Waals surface area contributed by atoms with E-state index < -0.39 is 0 Å². The number of carbonyl (C=O) groups is 1. The highest BCUT2D eigenvalue weighted by molar-refractivity contribution is 8.93. The van der Waals surface area contributed by atoms with Crippen molar-refractivity contribution in [2.75, 3.05) is 26.3 Å². The number of ether oxygens (including phenoxy) is 1. The minimum absolute atomic E-state index is 0. The lowest BCUT2D eigenvalue weighted by Crippen LogP contribution is -2.38. The summed E-state index contributed by atoms with van der Waals surface area (Å²) < 4.78 is 5.31. The number of hydrogen-bond acceptors (Lipinski definition) is 4.